The molecule has 1 unspecified atom stereocenters. The zero-order valence-electron chi connectivity index (χ0n) is 4.60. The highest BCUT2D eigenvalue weighted by atomic mass is 32.2. The van der Waals surface area contributed by atoms with Crippen molar-refractivity contribution in [1.82, 2.24) is 0 Å². The van der Waals surface area contributed by atoms with E-state index in [9.17, 15) is 26.2 Å². The Morgan fingerprint density at radius 2 is 1.73 bits per heavy atom. The van der Waals surface area contributed by atoms with Gasteiger partial charge in [0.15, 0.2) is 0 Å². The predicted octanol–water partition coefficient (Wildman–Crippen LogP) is 1.34. The third-order valence-corrected chi connectivity index (χ3v) is 0.942. The molecule has 0 aromatic rings. The maximum absolute atomic E-state index is 11.0. The molecular formula is C2HF5O3S. The molecule has 0 aromatic heterocycles. The molecule has 0 aliphatic rings. The summed E-state index contributed by atoms with van der Waals surface area (Å²) in [6.45, 7) is -3.57. The van der Waals surface area contributed by atoms with Crippen molar-refractivity contribution in [3.8, 4) is 0 Å². The van der Waals surface area contributed by atoms with Gasteiger partial charge in [-0.15, -0.1) is 13.2 Å². The van der Waals surface area contributed by atoms with Gasteiger partial charge in [0, 0.05) is 0 Å². The number of alkyl halides is 5. The topological polar surface area (TPSA) is 35.5 Å². The number of rotatable bonds is 3. The minimum atomic E-state index is -5.25. The summed E-state index contributed by atoms with van der Waals surface area (Å²) >= 11 is -3.49. The molecule has 0 spiro atoms. The summed E-state index contributed by atoms with van der Waals surface area (Å²) in [6.07, 6.45) is -5.25. The first-order valence-corrected chi connectivity index (χ1v) is 2.94. The summed E-state index contributed by atoms with van der Waals surface area (Å²) in [5, 5.41) is 0. The molecule has 0 N–H and O–H groups in total. The average molecular weight is 200 g/mol. The van der Waals surface area contributed by atoms with E-state index in [0.717, 1.165) is 0 Å². The van der Waals surface area contributed by atoms with Crippen LogP contribution in [0.3, 0.4) is 0 Å². The molecule has 0 aromatic carbocycles. The average Bonchev–Trinajstić information content (AvgIpc) is 1.53. The number of hydrogen-bond acceptors (Lipinski definition) is 3. The smallest absolute Gasteiger partial charge is 0.201 e. The molecule has 1 atom stereocenters. The summed E-state index contributed by atoms with van der Waals surface area (Å²) in [4.78, 5) is 0. The fourth-order valence-corrected chi connectivity index (χ4v) is 0.469. The molecule has 0 heterocycles. The third-order valence-electron chi connectivity index (χ3n) is 0.314. The van der Waals surface area contributed by atoms with E-state index in [1.165, 1.54) is 0 Å². The molecular weight excluding hydrogens is 199 g/mol. The van der Waals surface area contributed by atoms with Gasteiger partial charge in [0.2, 0.25) is 0 Å². The largest absolute Gasteiger partial charge is 0.537 e. The van der Waals surface area contributed by atoms with E-state index >= 15 is 0 Å². The van der Waals surface area contributed by atoms with Gasteiger partial charge in [-0.3, -0.25) is 0 Å². The van der Waals surface area contributed by atoms with Crippen LogP contribution >= 0.6 is 0 Å². The Balaban J connectivity index is 3.71. The molecule has 0 saturated heterocycles. The van der Waals surface area contributed by atoms with Crippen LogP contribution in [-0.4, -0.2) is 17.2 Å². The molecule has 0 rings (SSSR count). The summed E-state index contributed by atoms with van der Waals surface area (Å²) in [7, 11) is 0. The van der Waals surface area contributed by atoms with Crippen molar-refractivity contribution in [2.75, 3.05) is 0 Å². The van der Waals surface area contributed by atoms with Crippen LogP contribution < -0.4 is 0 Å². The molecule has 0 fully saturated rings. The van der Waals surface area contributed by atoms with Gasteiger partial charge in [0.25, 0.3) is 0 Å². The fraction of sp³-hybridized carbons (Fsp3) is 1.00. The Labute approximate surface area is 60.0 Å². The SMILES string of the molecule is O=S(OC(F)F)OC(F)(F)F. The second kappa shape index (κ2) is 3.93. The van der Waals surface area contributed by atoms with Crippen molar-refractivity contribution in [2.45, 2.75) is 13.0 Å². The molecule has 0 radical (unpaired) electrons. The normalized spacial score (nSPS) is 15.5. The van der Waals surface area contributed by atoms with E-state index in [0.29, 0.717) is 0 Å². The summed E-state index contributed by atoms with van der Waals surface area (Å²) in [5.74, 6) is 0. The van der Waals surface area contributed by atoms with Gasteiger partial charge >= 0.3 is 24.3 Å². The fourth-order valence-electron chi connectivity index (χ4n) is 0.156. The van der Waals surface area contributed by atoms with Crippen LogP contribution in [0.15, 0.2) is 0 Å². The summed E-state index contributed by atoms with van der Waals surface area (Å²) in [6, 6.07) is 0. The first-order valence-electron chi connectivity index (χ1n) is 1.94. The zero-order chi connectivity index (χ0) is 9.07. The van der Waals surface area contributed by atoms with Gasteiger partial charge in [-0.25, -0.2) is 4.18 Å². The number of hydrogen-bond donors (Lipinski definition) is 0. The first kappa shape index (κ1) is 10.7. The lowest BCUT2D eigenvalue weighted by molar-refractivity contribution is -0.274. The van der Waals surface area contributed by atoms with Gasteiger partial charge in [0.1, 0.15) is 0 Å². The molecule has 0 bridgehead atoms. The molecule has 11 heavy (non-hydrogen) atoms. The van der Waals surface area contributed by atoms with E-state index < -0.39 is 24.3 Å². The zero-order valence-corrected chi connectivity index (χ0v) is 5.42. The quantitative estimate of drug-likeness (QED) is 0.645. The van der Waals surface area contributed by atoms with Crippen molar-refractivity contribution in [2.24, 2.45) is 0 Å². The minimum absolute atomic E-state index is 2.52. The van der Waals surface area contributed by atoms with Crippen LogP contribution in [0.25, 0.3) is 0 Å². The highest BCUT2D eigenvalue weighted by Gasteiger charge is 2.34. The van der Waals surface area contributed by atoms with E-state index in [1.807, 2.05) is 0 Å². The Morgan fingerprint density at radius 1 is 1.27 bits per heavy atom. The molecule has 68 valence electrons. The van der Waals surface area contributed by atoms with Gasteiger partial charge < -0.3 is 0 Å². The first-order chi connectivity index (χ1) is 4.81. The van der Waals surface area contributed by atoms with Crippen LogP contribution in [-0.2, 0) is 19.7 Å². The van der Waals surface area contributed by atoms with Gasteiger partial charge in [-0.2, -0.15) is 17.2 Å². The van der Waals surface area contributed by atoms with Gasteiger partial charge in [-0.1, -0.05) is 0 Å². The Hall–Kier alpha value is -0.280. The van der Waals surface area contributed by atoms with Crippen LogP contribution in [0.4, 0.5) is 22.0 Å². The predicted molar refractivity (Wildman–Crippen MR) is 22.4 cm³/mol. The van der Waals surface area contributed by atoms with Crippen LogP contribution in [0.1, 0.15) is 0 Å². The maximum Gasteiger partial charge on any atom is 0.537 e. The molecule has 0 aliphatic carbocycles. The highest BCUT2D eigenvalue weighted by molar-refractivity contribution is 7.75. The van der Waals surface area contributed by atoms with E-state index in [-0.39, 0.29) is 0 Å². The van der Waals surface area contributed by atoms with Crippen molar-refractivity contribution < 1.29 is 34.5 Å². The second-order valence-corrected chi connectivity index (χ2v) is 1.86. The van der Waals surface area contributed by atoms with E-state index in [4.69, 9.17) is 0 Å². The monoisotopic (exact) mass is 200 g/mol. The van der Waals surface area contributed by atoms with Crippen LogP contribution in [0.5, 0.6) is 0 Å². The second-order valence-electron chi connectivity index (χ2n) is 1.09. The Morgan fingerprint density at radius 3 is 2.00 bits per heavy atom. The maximum atomic E-state index is 11.0. The highest BCUT2D eigenvalue weighted by Crippen LogP contribution is 2.18. The van der Waals surface area contributed by atoms with Crippen LogP contribution in [0, 0.1) is 0 Å². The molecule has 3 nitrogen and oxygen atoms in total. The lowest BCUT2D eigenvalue weighted by Crippen LogP contribution is -2.18. The van der Waals surface area contributed by atoms with Gasteiger partial charge in [-0.05, 0) is 0 Å². The lowest BCUT2D eigenvalue weighted by atomic mass is 11.4. The summed E-state index contributed by atoms with van der Waals surface area (Å²) < 4.78 is 70.1. The summed E-state index contributed by atoms with van der Waals surface area (Å²) in [5.41, 5.74) is 0. The van der Waals surface area contributed by atoms with Gasteiger partial charge in [0.05, 0.1) is 0 Å². The van der Waals surface area contributed by atoms with Crippen molar-refractivity contribution in [3.63, 3.8) is 0 Å². The van der Waals surface area contributed by atoms with Crippen molar-refractivity contribution >= 4 is 11.4 Å². The van der Waals surface area contributed by atoms with Crippen molar-refractivity contribution in [1.29, 1.82) is 0 Å². The Bertz CT molecular complexity index is 143. The molecule has 0 saturated carbocycles. The minimum Gasteiger partial charge on any atom is -0.201 e. The number of halogens is 5. The van der Waals surface area contributed by atoms with Crippen LogP contribution in [0.2, 0.25) is 0 Å². The molecule has 0 aliphatic heterocycles. The van der Waals surface area contributed by atoms with Crippen molar-refractivity contribution in [3.05, 3.63) is 0 Å². The molecule has 9 heteroatoms. The third kappa shape index (κ3) is 7.62. The standard InChI is InChI=1S/C2HF5O3S/c3-1(4)9-11(8)10-2(5,6)7/h1H. The van der Waals surface area contributed by atoms with E-state index in [2.05, 4.69) is 8.37 Å². The van der Waals surface area contributed by atoms with E-state index in [1.54, 1.807) is 0 Å². The Kier molecular flexibility index (Phi) is 3.83. The molecule has 0 amide bonds. The lowest BCUT2D eigenvalue weighted by Gasteiger charge is -2.04.